The number of alkyl halides is 3. The molecule has 0 saturated carbocycles. The van der Waals surface area contributed by atoms with Crippen molar-refractivity contribution in [3.05, 3.63) is 53.1 Å². The standard InChI is InChI=1S/C23H27F3N2O3/c1-15(2)19-6-5-18(12-16(19)3)31-14-22(29)27-21-7-4-17(13-20(21)23(24,25)26)28-8-10-30-11-9-28/h4-7,12-13,15H,8-11,14H2,1-3H3,(H,27,29). The van der Waals surface area contributed by atoms with Crippen LogP contribution in [0.5, 0.6) is 5.75 Å². The molecule has 0 aliphatic carbocycles. The van der Waals surface area contributed by atoms with Crippen molar-refractivity contribution in [2.75, 3.05) is 43.1 Å². The van der Waals surface area contributed by atoms with Gasteiger partial charge in [0.05, 0.1) is 24.5 Å². The highest BCUT2D eigenvalue weighted by Crippen LogP contribution is 2.37. The Morgan fingerprint density at radius 3 is 2.48 bits per heavy atom. The van der Waals surface area contributed by atoms with Crippen LogP contribution in [0.1, 0.15) is 36.5 Å². The van der Waals surface area contributed by atoms with Crippen LogP contribution in [0.15, 0.2) is 36.4 Å². The average molecular weight is 436 g/mol. The normalized spacial score (nSPS) is 14.6. The van der Waals surface area contributed by atoms with E-state index in [-0.39, 0.29) is 12.3 Å². The number of carbonyl (C=O) groups excluding carboxylic acids is 1. The molecule has 1 fully saturated rings. The molecule has 5 nitrogen and oxygen atoms in total. The van der Waals surface area contributed by atoms with Gasteiger partial charge in [-0.05, 0) is 54.3 Å². The van der Waals surface area contributed by atoms with Gasteiger partial charge in [-0.2, -0.15) is 13.2 Å². The Bertz CT molecular complexity index is 923. The summed E-state index contributed by atoms with van der Waals surface area (Å²) in [4.78, 5) is 14.1. The Morgan fingerprint density at radius 1 is 1.16 bits per heavy atom. The van der Waals surface area contributed by atoms with Crippen molar-refractivity contribution in [2.45, 2.75) is 32.9 Å². The second kappa shape index (κ2) is 9.60. The first-order valence-corrected chi connectivity index (χ1v) is 10.2. The molecule has 31 heavy (non-hydrogen) atoms. The number of aryl methyl sites for hydroxylation is 1. The first-order valence-electron chi connectivity index (χ1n) is 10.2. The van der Waals surface area contributed by atoms with E-state index in [0.29, 0.717) is 43.7 Å². The number of halogens is 3. The summed E-state index contributed by atoms with van der Waals surface area (Å²) in [7, 11) is 0. The van der Waals surface area contributed by atoms with Gasteiger partial charge in [0.1, 0.15) is 5.75 Å². The lowest BCUT2D eigenvalue weighted by atomic mass is 9.98. The topological polar surface area (TPSA) is 50.8 Å². The molecule has 1 N–H and O–H groups in total. The summed E-state index contributed by atoms with van der Waals surface area (Å²) < 4.78 is 51.6. The second-order valence-electron chi connectivity index (χ2n) is 7.84. The van der Waals surface area contributed by atoms with E-state index in [9.17, 15) is 18.0 Å². The summed E-state index contributed by atoms with van der Waals surface area (Å²) in [5.41, 5.74) is 1.48. The van der Waals surface area contributed by atoms with E-state index >= 15 is 0 Å². The van der Waals surface area contributed by atoms with Gasteiger partial charge in [-0.15, -0.1) is 0 Å². The first kappa shape index (κ1) is 22.9. The van der Waals surface area contributed by atoms with E-state index in [1.165, 1.54) is 11.6 Å². The predicted octanol–water partition coefficient (Wildman–Crippen LogP) is 4.99. The zero-order valence-corrected chi connectivity index (χ0v) is 17.9. The minimum atomic E-state index is -4.60. The van der Waals surface area contributed by atoms with E-state index < -0.39 is 17.6 Å². The molecular formula is C23H27F3N2O3. The van der Waals surface area contributed by atoms with E-state index in [2.05, 4.69) is 19.2 Å². The van der Waals surface area contributed by atoms with Crippen LogP contribution in [0.2, 0.25) is 0 Å². The number of nitrogens with one attached hydrogen (secondary N) is 1. The first-order chi connectivity index (χ1) is 14.6. The SMILES string of the molecule is Cc1cc(OCC(=O)Nc2ccc(N3CCOCC3)cc2C(F)(F)F)ccc1C(C)C. The summed E-state index contributed by atoms with van der Waals surface area (Å²) in [6, 6.07) is 9.43. The Labute approximate surface area is 180 Å². The predicted molar refractivity (Wildman–Crippen MR) is 114 cm³/mol. The van der Waals surface area contributed by atoms with Crippen LogP contribution >= 0.6 is 0 Å². The summed E-state index contributed by atoms with van der Waals surface area (Å²) in [6.45, 7) is 7.70. The molecule has 3 rings (SSSR count). The summed E-state index contributed by atoms with van der Waals surface area (Å²) in [5.74, 6) is 0.199. The molecule has 1 saturated heterocycles. The molecule has 0 radical (unpaired) electrons. The Kier molecular flexibility index (Phi) is 7.10. The fraction of sp³-hybridized carbons (Fsp3) is 0.435. The van der Waals surface area contributed by atoms with Crippen LogP contribution < -0.4 is 15.0 Å². The molecule has 0 unspecified atom stereocenters. The van der Waals surface area contributed by atoms with Crippen molar-refractivity contribution in [3.8, 4) is 5.75 Å². The maximum absolute atomic E-state index is 13.6. The van der Waals surface area contributed by atoms with Crippen molar-refractivity contribution in [2.24, 2.45) is 0 Å². The maximum Gasteiger partial charge on any atom is 0.418 e. The fourth-order valence-corrected chi connectivity index (χ4v) is 3.61. The number of anilines is 2. The zero-order chi connectivity index (χ0) is 22.6. The van der Waals surface area contributed by atoms with Crippen molar-refractivity contribution < 1.29 is 27.4 Å². The quantitative estimate of drug-likeness (QED) is 0.693. The van der Waals surface area contributed by atoms with Crippen LogP contribution in [0.3, 0.4) is 0 Å². The van der Waals surface area contributed by atoms with E-state index in [4.69, 9.17) is 9.47 Å². The number of carbonyl (C=O) groups is 1. The molecule has 0 bridgehead atoms. The van der Waals surface area contributed by atoms with E-state index in [1.807, 2.05) is 24.0 Å². The number of rotatable bonds is 6. The molecule has 1 aliphatic heterocycles. The Hall–Kier alpha value is -2.74. The minimum Gasteiger partial charge on any atom is -0.484 e. The van der Waals surface area contributed by atoms with Gasteiger partial charge in [0.15, 0.2) is 6.61 Å². The molecule has 2 aromatic carbocycles. The van der Waals surface area contributed by atoms with Gasteiger partial charge in [0.2, 0.25) is 0 Å². The number of hydrogen-bond acceptors (Lipinski definition) is 4. The van der Waals surface area contributed by atoms with E-state index in [0.717, 1.165) is 11.6 Å². The number of benzene rings is 2. The Morgan fingerprint density at radius 2 is 1.87 bits per heavy atom. The average Bonchev–Trinajstić information content (AvgIpc) is 2.72. The molecule has 0 atom stereocenters. The highest BCUT2D eigenvalue weighted by molar-refractivity contribution is 5.93. The largest absolute Gasteiger partial charge is 0.484 e. The van der Waals surface area contributed by atoms with Crippen molar-refractivity contribution >= 4 is 17.3 Å². The van der Waals surface area contributed by atoms with Gasteiger partial charge in [-0.1, -0.05) is 19.9 Å². The molecular weight excluding hydrogens is 409 g/mol. The second-order valence-corrected chi connectivity index (χ2v) is 7.84. The summed E-state index contributed by atoms with van der Waals surface area (Å²) >= 11 is 0. The van der Waals surface area contributed by atoms with E-state index in [1.54, 1.807) is 12.1 Å². The smallest absolute Gasteiger partial charge is 0.418 e. The Balaban J connectivity index is 1.69. The van der Waals surface area contributed by atoms with Crippen LogP contribution in [-0.4, -0.2) is 38.8 Å². The van der Waals surface area contributed by atoms with Crippen LogP contribution in [-0.2, 0) is 15.7 Å². The number of hydrogen-bond donors (Lipinski definition) is 1. The number of ether oxygens (including phenoxy) is 2. The monoisotopic (exact) mass is 436 g/mol. The zero-order valence-electron chi connectivity index (χ0n) is 17.9. The third-order valence-electron chi connectivity index (χ3n) is 5.19. The molecule has 1 amide bonds. The van der Waals surface area contributed by atoms with Crippen LogP contribution in [0.4, 0.5) is 24.5 Å². The molecule has 1 aliphatic rings. The molecule has 0 aromatic heterocycles. The molecule has 168 valence electrons. The summed E-state index contributed by atoms with van der Waals surface area (Å²) in [5, 5.41) is 2.33. The molecule has 2 aromatic rings. The fourth-order valence-electron chi connectivity index (χ4n) is 3.61. The van der Waals surface area contributed by atoms with Crippen LogP contribution in [0, 0.1) is 6.92 Å². The van der Waals surface area contributed by atoms with Gasteiger partial charge in [-0.25, -0.2) is 0 Å². The number of nitrogens with zero attached hydrogens (tertiary/aromatic N) is 1. The highest BCUT2D eigenvalue weighted by atomic mass is 19.4. The van der Waals surface area contributed by atoms with Gasteiger partial charge in [0, 0.05) is 18.8 Å². The van der Waals surface area contributed by atoms with Crippen molar-refractivity contribution in [1.82, 2.24) is 0 Å². The lowest BCUT2D eigenvalue weighted by Crippen LogP contribution is -2.36. The van der Waals surface area contributed by atoms with Crippen molar-refractivity contribution in [3.63, 3.8) is 0 Å². The van der Waals surface area contributed by atoms with Gasteiger partial charge in [-0.3, -0.25) is 4.79 Å². The highest BCUT2D eigenvalue weighted by Gasteiger charge is 2.35. The lowest BCUT2D eigenvalue weighted by Gasteiger charge is -2.29. The molecule has 0 spiro atoms. The number of amides is 1. The van der Waals surface area contributed by atoms with Gasteiger partial charge in [0.25, 0.3) is 5.91 Å². The maximum atomic E-state index is 13.6. The molecule has 1 heterocycles. The third kappa shape index (κ3) is 5.91. The molecule has 8 heteroatoms. The van der Waals surface area contributed by atoms with Crippen molar-refractivity contribution in [1.29, 1.82) is 0 Å². The van der Waals surface area contributed by atoms with Crippen LogP contribution in [0.25, 0.3) is 0 Å². The lowest BCUT2D eigenvalue weighted by molar-refractivity contribution is -0.137. The van der Waals surface area contributed by atoms with Gasteiger partial charge < -0.3 is 19.7 Å². The summed E-state index contributed by atoms with van der Waals surface area (Å²) in [6.07, 6.45) is -4.60. The number of morpholine rings is 1. The van der Waals surface area contributed by atoms with Gasteiger partial charge >= 0.3 is 6.18 Å². The third-order valence-corrected chi connectivity index (χ3v) is 5.19. The minimum absolute atomic E-state index is 0.288.